The van der Waals surface area contributed by atoms with Crippen LogP contribution in [0.4, 0.5) is 26.3 Å². The lowest BCUT2D eigenvalue weighted by molar-refractivity contribution is -0.246. The maximum Gasteiger partial charge on any atom is 0.439 e. The zero-order valence-electron chi connectivity index (χ0n) is 20.0. The Morgan fingerprint density at radius 3 is 1.14 bits per heavy atom. The van der Waals surface area contributed by atoms with Crippen LogP contribution in [-0.2, 0) is 20.1 Å². The van der Waals surface area contributed by atoms with Crippen LogP contribution in [0.15, 0.2) is 0 Å². The first-order valence-electron chi connectivity index (χ1n) is 12.7. The molecule has 0 radical (unpaired) electrons. The van der Waals surface area contributed by atoms with Crippen molar-refractivity contribution in [3.05, 3.63) is 0 Å². The highest BCUT2D eigenvalue weighted by molar-refractivity contribution is 7.91. The van der Waals surface area contributed by atoms with Gasteiger partial charge < -0.3 is 0 Å². The molecule has 0 aromatic carbocycles. The average Bonchev–Trinajstić information content (AvgIpc) is 2.83. The fourth-order valence-electron chi connectivity index (χ4n) is 6.79. The Balaban J connectivity index is 2.14. The smallest absolute Gasteiger partial charge is 0.281 e. The molecule has 3 aliphatic carbocycles. The van der Waals surface area contributed by atoms with Gasteiger partial charge in [-0.15, -0.1) is 0 Å². The van der Waals surface area contributed by atoms with E-state index in [0.29, 0.717) is 77.0 Å². The third-order valence-electron chi connectivity index (χ3n) is 8.55. The van der Waals surface area contributed by atoms with Gasteiger partial charge in [-0.25, -0.2) is 13.1 Å². The number of hydrogen-bond acceptors (Lipinski definition) is 4. The minimum atomic E-state index is -7.06. The molecule has 0 atom stereocenters. The van der Waals surface area contributed by atoms with Crippen LogP contribution in [0, 0.1) is 17.8 Å². The Morgan fingerprint density at radius 2 is 0.861 bits per heavy atom. The molecular weight excluding hydrogens is 536 g/mol. The number of rotatable bonds is 9. The molecule has 36 heavy (non-hydrogen) atoms. The van der Waals surface area contributed by atoms with Crippen molar-refractivity contribution in [1.82, 2.24) is 4.72 Å². The summed E-state index contributed by atoms with van der Waals surface area (Å²) in [4.78, 5) is 0. The van der Waals surface area contributed by atoms with E-state index in [1.165, 1.54) is 0 Å². The lowest BCUT2D eigenvalue weighted by atomic mass is 9.57. The number of hydrogen-bond donors (Lipinski definition) is 2. The molecule has 0 spiro atoms. The molecule has 3 saturated carbocycles. The second-order valence-corrected chi connectivity index (χ2v) is 13.8. The summed E-state index contributed by atoms with van der Waals surface area (Å²) >= 11 is 0. The molecule has 6 nitrogen and oxygen atoms in total. The second-order valence-electron chi connectivity index (χ2n) is 10.6. The summed E-state index contributed by atoms with van der Waals surface area (Å²) < 4.78 is 145. The first kappa shape index (κ1) is 29.9. The minimum absolute atomic E-state index is 0.446. The van der Waals surface area contributed by atoms with Crippen LogP contribution in [0.3, 0.4) is 0 Å². The summed E-state index contributed by atoms with van der Waals surface area (Å²) in [5.74, 6) is -8.27. The van der Waals surface area contributed by atoms with Gasteiger partial charge in [0.2, 0.25) is 0 Å². The Kier molecular flexibility index (Phi) is 8.75. The van der Waals surface area contributed by atoms with Crippen LogP contribution in [0.1, 0.15) is 96.3 Å². The molecule has 212 valence electrons. The molecule has 3 fully saturated rings. The predicted molar refractivity (Wildman–Crippen MR) is 121 cm³/mol. The first-order chi connectivity index (χ1) is 16.5. The standard InChI is InChI=1S/C22H35F6NO5S2/c23-20(24,22(27,28)36(32,33)34)21(25,26)35(30,31)29-19(16-10-4-1-5-11-16,17-12-6-2-7-13-17)18-14-8-3-9-15-18/h16-18,29H,1-15H2,(H,32,33,34). The number of alkyl halides is 6. The second kappa shape index (κ2) is 10.5. The van der Waals surface area contributed by atoms with E-state index in [1.807, 2.05) is 4.72 Å². The summed E-state index contributed by atoms with van der Waals surface area (Å²) in [6, 6.07) is 0. The van der Waals surface area contributed by atoms with Gasteiger partial charge >= 0.3 is 26.5 Å². The monoisotopic (exact) mass is 571 g/mol. The molecule has 2 N–H and O–H groups in total. The molecule has 3 rings (SSSR count). The van der Waals surface area contributed by atoms with Gasteiger partial charge in [0.1, 0.15) is 0 Å². The van der Waals surface area contributed by atoms with E-state index in [0.717, 1.165) is 19.3 Å². The largest absolute Gasteiger partial charge is 0.439 e. The maximum atomic E-state index is 15.0. The lowest BCUT2D eigenvalue weighted by Gasteiger charge is -2.55. The quantitative estimate of drug-likeness (QED) is 0.258. The topological polar surface area (TPSA) is 101 Å². The van der Waals surface area contributed by atoms with Crippen LogP contribution in [-0.4, -0.2) is 43.4 Å². The van der Waals surface area contributed by atoms with Gasteiger partial charge in [0.05, 0.1) is 0 Å². The molecule has 0 bridgehead atoms. The van der Waals surface area contributed by atoms with Gasteiger partial charge in [-0.05, 0) is 56.3 Å². The number of sulfonamides is 1. The van der Waals surface area contributed by atoms with Crippen molar-refractivity contribution in [2.24, 2.45) is 17.8 Å². The lowest BCUT2D eigenvalue weighted by Crippen LogP contribution is -2.69. The van der Waals surface area contributed by atoms with Crippen molar-refractivity contribution < 1.29 is 47.7 Å². The molecule has 14 heteroatoms. The van der Waals surface area contributed by atoms with Crippen LogP contribution in [0.25, 0.3) is 0 Å². The van der Waals surface area contributed by atoms with Gasteiger partial charge in [0.25, 0.3) is 10.0 Å². The van der Waals surface area contributed by atoms with Crippen LogP contribution < -0.4 is 4.72 Å². The minimum Gasteiger partial charge on any atom is -0.281 e. The van der Waals surface area contributed by atoms with Gasteiger partial charge in [-0.1, -0.05) is 57.8 Å². The molecule has 0 aromatic heterocycles. The van der Waals surface area contributed by atoms with Gasteiger partial charge in [-0.3, -0.25) is 4.55 Å². The van der Waals surface area contributed by atoms with E-state index < -0.39 is 59.9 Å². The highest BCUT2D eigenvalue weighted by Gasteiger charge is 2.82. The van der Waals surface area contributed by atoms with Crippen LogP contribution in [0.5, 0.6) is 0 Å². The molecule has 0 aromatic rings. The van der Waals surface area contributed by atoms with Gasteiger partial charge in [0.15, 0.2) is 0 Å². The Morgan fingerprint density at radius 1 is 0.556 bits per heavy atom. The van der Waals surface area contributed by atoms with Crippen molar-refractivity contribution in [1.29, 1.82) is 0 Å². The summed E-state index contributed by atoms with van der Waals surface area (Å²) in [7, 11) is -13.6. The Bertz CT molecular complexity index is 925. The number of nitrogens with one attached hydrogen (secondary N) is 1. The highest BCUT2D eigenvalue weighted by atomic mass is 32.2. The fourth-order valence-corrected chi connectivity index (χ4v) is 8.86. The summed E-state index contributed by atoms with van der Waals surface area (Å²) in [6.07, 6.45) is 9.63. The Hall–Kier alpha value is -0.600. The average molecular weight is 572 g/mol. The van der Waals surface area contributed by atoms with Crippen molar-refractivity contribution in [2.45, 2.75) is 118 Å². The van der Waals surface area contributed by atoms with Crippen molar-refractivity contribution in [2.75, 3.05) is 0 Å². The van der Waals surface area contributed by atoms with E-state index >= 15 is 0 Å². The van der Waals surface area contributed by atoms with E-state index in [1.54, 1.807) is 0 Å². The fraction of sp³-hybridized carbons (Fsp3) is 1.00. The molecule has 0 saturated heterocycles. The highest BCUT2D eigenvalue weighted by Crippen LogP contribution is 2.54. The molecule has 0 unspecified atom stereocenters. The number of halogens is 6. The predicted octanol–water partition coefficient (Wildman–Crippen LogP) is 6.09. The van der Waals surface area contributed by atoms with Gasteiger partial charge in [0, 0.05) is 5.54 Å². The van der Waals surface area contributed by atoms with E-state index in [9.17, 15) is 43.2 Å². The third-order valence-corrected chi connectivity index (χ3v) is 11.0. The van der Waals surface area contributed by atoms with Crippen molar-refractivity contribution in [3.8, 4) is 0 Å². The van der Waals surface area contributed by atoms with Crippen molar-refractivity contribution >= 4 is 20.1 Å². The summed E-state index contributed by atoms with van der Waals surface area (Å²) in [6.45, 7) is 0. The van der Waals surface area contributed by atoms with E-state index in [-0.39, 0.29) is 0 Å². The molecular formula is C22H35F6NO5S2. The normalized spacial score (nSPS) is 23.6. The van der Waals surface area contributed by atoms with Gasteiger partial charge in [-0.2, -0.15) is 34.8 Å². The van der Waals surface area contributed by atoms with Crippen LogP contribution >= 0.6 is 0 Å². The maximum absolute atomic E-state index is 15.0. The summed E-state index contributed by atoms with van der Waals surface area (Å²) in [5, 5.41) is -13.3. The van der Waals surface area contributed by atoms with E-state index in [4.69, 9.17) is 4.55 Å². The molecule has 3 aliphatic rings. The van der Waals surface area contributed by atoms with Crippen molar-refractivity contribution in [3.63, 3.8) is 0 Å². The molecule has 0 amide bonds. The third kappa shape index (κ3) is 5.04. The molecule has 0 aliphatic heterocycles. The Labute approximate surface area is 208 Å². The zero-order chi connectivity index (χ0) is 27.0. The summed E-state index contributed by atoms with van der Waals surface area (Å²) in [5.41, 5.74) is -1.53. The van der Waals surface area contributed by atoms with E-state index in [2.05, 4.69) is 0 Å². The molecule has 0 heterocycles. The van der Waals surface area contributed by atoms with Crippen LogP contribution in [0.2, 0.25) is 0 Å². The SMILES string of the molecule is O=S(=O)(O)C(F)(F)C(F)(F)C(F)(F)S(=O)(=O)NC(C1CCCCC1)(C1CCCCC1)C1CCCCC1. The first-order valence-corrected chi connectivity index (χ1v) is 15.6. The zero-order valence-corrected chi connectivity index (χ0v) is 21.6.